The van der Waals surface area contributed by atoms with Crippen molar-refractivity contribution in [1.82, 2.24) is 14.9 Å². The van der Waals surface area contributed by atoms with Gasteiger partial charge in [0.1, 0.15) is 0 Å². The van der Waals surface area contributed by atoms with Crippen LogP contribution in [0.15, 0.2) is 24.3 Å². The summed E-state index contributed by atoms with van der Waals surface area (Å²) in [6, 6.07) is 9.28. The first-order chi connectivity index (χ1) is 10.3. The number of aryl methyl sites for hydroxylation is 1. The Hall–Kier alpha value is -1.26. The largest absolute Gasteiger partial charge is 0.309 e. The zero-order valence-corrected chi connectivity index (χ0v) is 13.6. The molecular weight excluding hydrogens is 278 g/mol. The Morgan fingerprint density at radius 2 is 2.24 bits per heavy atom. The second-order valence-corrected chi connectivity index (χ2v) is 6.64. The van der Waals surface area contributed by atoms with Crippen LogP contribution in [-0.4, -0.2) is 16.6 Å². The first-order valence-electron chi connectivity index (χ1n) is 7.91. The molecule has 1 aliphatic rings. The highest BCUT2D eigenvalue weighted by molar-refractivity contribution is 7.05. The Kier molecular flexibility index (Phi) is 4.66. The van der Waals surface area contributed by atoms with Crippen LogP contribution in [0.5, 0.6) is 0 Å². The molecule has 0 bridgehead atoms. The molecule has 1 N–H and O–H groups in total. The molecule has 2 aromatic rings. The van der Waals surface area contributed by atoms with Crippen LogP contribution >= 0.6 is 11.5 Å². The number of nitrogens with zero attached hydrogens (tertiary/aromatic N) is 2. The molecule has 1 aromatic carbocycles. The highest BCUT2D eigenvalue weighted by atomic mass is 32.1. The van der Waals surface area contributed by atoms with Crippen molar-refractivity contribution in [3.05, 3.63) is 46.0 Å². The van der Waals surface area contributed by atoms with E-state index in [1.807, 2.05) is 7.05 Å². The highest BCUT2D eigenvalue weighted by Crippen LogP contribution is 2.38. The van der Waals surface area contributed by atoms with Gasteiger partial charge >= 0.3 is 0 Å². The van der Waals surface area contributed by atoms with Gasteiger partial charge in [-0.25, -0.2) is 0 Å². The summed E-state index contributed by atoms with van der Waals surface area (Å²) in [6.45, 7) is 2.19. The maximum Gasteiger partial charge on any atom is 0.0807 e. The van der Waals surface area contributed by atoms with Gasteiger partial charge in [-0.05, 0) is 54.9 Å². The smallest absolute Gasteiger partial charge is 0.0807 e. The minimum Gasteiger partial charge on any atom is -0.309 e. The Bertz CT molecular complexity index is 589. The summed E-state index contributed by atoms with van der Waals surface area (Å²) < 4.78 is 4.17. The molecule has 1 unspecified atom stereocenters. The van der Waals surface area contributed by atoms with Crippen molar-refractivity contribution in [2.75, 3.05) is 7.05 Å². The van der Waals surface area contributed by atoms with E-state index < -0.39 is 0 Å². The van der Waals surface area contributed by atoms with Gasteiger partial charge in [-0.1, -0.05) is 48.5 Å². The van der Waals surface area contributed by atoms with E-state index in [0.717, 1.165) is 24.5 Å². The van der Waals surface area contributed by atoms with Crippen LogP contribution in [0.25, 0.3) is 0 Å². The Labute approximate surface area is 131 Å². The van der Waals surface area contributed by atoms with Crippen LogP contribution in [0.1, 0.15) is 66.3 Å². The van der Waals surface area contributed by atoms with Crippen LogP contribution in [0.4, 0.5) is 0 Å². The maximum atomic E-state index is 4.31. The molecule has 1 aliphatic carbocycles. The quantitative estimate of drug-likeness (QED) is 0.874. The summed E-state index contributed by atoms with van der Waals surface area (Å²) >= 11 is 1.53. The van der Waals surface area contributed by atoms with E-state index in [-0.39, 0.29) is 6.04 Å². The molecule has 0 radical (unpaired) electrons. The highest BCUT2D eigenvalue weighted by Gasteiger charge is 2.23. The van der Waals surface area contributed by atoms with Gasteiger partial charge < -0.3 is 5.32 Å². The van der Waals surface area contributed by atoms with Gasteiger partial charge in [-0.3, -0.25) is 0 Å². The minimum atomic E-state index is 0.214. The summed E-state index contributed by atoms with van der Waals surface area (Å²) in [5.41, 5.74) is 3.98. The SMILES string of the molecule is CCCc1nnsc1C(NC)c1cccc(C2CCC2)c1. The van der Waals surface area contributed by atoms with Crippen molar-refractivity contribution in [2.24, 2.45) is 0 Å². The monoisotopic (exact) mass is 301 g/mol. The molecule has 112 valence electrons. The average molecular weight is 301 g/mol. The van der Waals surface area contributed by atoms with Gasteiger partial charge in [0, 0.05) is 0 Å². The van der Waals surface area contributed by atoms with Gasteiger partial charge in [0.2, 0.25) is 0 Å². The molecule has 0 aliphatic heterocycles. The molecule has 1 fully saturated rings. The number of rotatable bonds is 6. The van der Waals surface area contributed by atoms with Crippen molar-refractivity contribution >= 4 is 11.5 Å². The van der Waals surface area contributed by atoms with Gasteiger partial charge in [-0.15, -0.1) is 5.10 Å². The molecule has 1 atom stereocenters. The lowest BCUT2D eigenvalue weighted by Gasteiger charge is -2.27. The lowest BCUT2D eigenvalue weighted by molar-refractivity contribution is 0.419. The molecule has 3 nitrogen and oxygen atoms in total. The van der Waals surface area contributed by atoms with Crippen LogP contribution < -0.4 is 5.32 Å². The van der Waals surface area contributed by atoms with E-state index in [9.17, 15) is 0 Å². The summed E-state index contributed by atoms with van der Waals surface area (Å²) in [5.74, 6) is 0.775. The fourth-order valence-corrected chi connectivity index (χ4v) is 3.86. The van der Waals surface area contributed by atoms with Gasteiger partial charge in [0.25, 0.3) is 0 Å². The van der Waals surface area contributed by atoms with Crippen molar-refractivity contribution in [2.45, 2.75) is 51.0 Å². The van der Waals surface area contributed by atoms with Crippen LogP contribution in [0.2, 0.25) is 0 Å². The van der Waals surface area contributed by atoms with Gasteiger partial charge in [-0.2, -0.15) is 0 Å². The van der Waals surface area contributed by atoms with Gasteiger partial charge in [0.15, 0.2) is 0 Å². The number of hydrogen-bond acceptors (Lipinski definition) is 4. The molecule has 1 aromatic heterocycles. The van der Waals surface area contributed by atoms with Crippen LogP contribution in [0.3, 0.4) is 0 Å². The minimum absolute atomic E-state index is 0.214. The second kappa shape index (κ2) is 6.67. The lowest BCUT2D eigenvalue weighted by atomic mass is 9.79. The molecule has 0 spiro atoms. The van der Waals surface area contributed by atoms with E-state index in [1.165, 1.54) is 46.8 Å². The lowest BCUT2D eigenvalue weighted by Crippen LogP contribution is -2.19. The third-order valence-corrected chi connectivity index (χ3v) is 5.27. The standard InChI is InChI=1S/C17H23N3S/c1-3-6-15-17(21-20-19-15)16(18-2)14-10-5-9-13(11-14)12-7-4-8-12/h5,9-12,16,18H,3-4,6-8H2,1-2H3. The molecule has 1 heterocycles. The Morgan fingerprint density at radius 1 is 1.38 bits per heavy atom. The fourth-order valence-electron chi connectivity index (χ4n) is 3.03. The van der Waals surface area contributed by atoms with Crippen LogP contribution in [0, 0.1) is 0 Å². The topological polar surface area (TPSA) is 37.8 Å². The fraction of sp³-hybridized carbons (Fsp3) is 0.529. The summed E-state index contributed by atoms with van der Waals surface area (Å²) in [7, 11) is 2.02. The van der Waals surface area contributed by atoms with E-state index in [1.54, 1.807) is 0 Å². The zero-order chi connectivity index (χ0) is 14.7. The molecule has 4 heteroatoms. The molecule has 1 saturated carbocycles. The molecular formula is C17H23N3S. The predicted molar refractivity (Wildman–Crippen MR) is 87.8 cm³/mol. The zero-order valence-electron chi connectivity index (χ0n) is 12.8. The Balaban J connectivity index is 1.90. The van der Waals surface area contributed by atoms with Crippen molar-refractivity contribution in [3.8, 4) is 0 Å². The van der Waals surface area contributed by atoms with Crippen molar-refractivity contribution < 1.29 is 0 Å². The van der Waals surface area contributed by atoms with E-state index in [4.69, 9.17) is 0 Å². The molecule has 21 heavy (non-hydrogen) atoms. The van der Waals surface area contributed by atoms with E-state index in [0.29, 0.717) is 0 Å². The van der Waals surface area contributed by atoms with Crippen LogP contribution in [-0.2, 0) is 6.42 Å². The third kappa shape index (κ3) is 3.01. The average Bonchev–Trinajstić information content (AvgIpc) is 2.87. The third-order valence-electron chi connectivity index (χ3n) is 4.44. The van der Waals surface area contributed by atoms with Crippen molar-refractivity contribution in [3.63, 3.8) is 0 Å². The summed E-state index contributed by atoms with van der Waals surface area (Å²) in [4.78, 5) is 1.27. The summed E-state index contributed by atoms with van der Waals surface area (Å²) in [6.07, 6.45) is 6.18. The number of benzene rings is 1. The molecule has 0 saturated heterocycles. The second-order valence-electron chi connectivity index (χ2n) is 5.85. The normalized spacial score (nSPS) is 16.7. The molecule has 3 rings (SSSR count). The van der Waals surface area contributed by atoms with Gasteiger partial charge in [0.05, 0.1) is 16.6 Å². The predicted octanol–water partition coefficient (Wildman–Crippen LogP) is 4.07. The van der Waals surface area contributed by atoms with E-state index in [2.05, 4.69) is 46.1 Å². The van der Waals surface area contributed by atoms with E-state index >= 15 is 0 Å². The number of aromatic nitrogens is 2. The molecule has 0 amide bonds. The first-order valence-corrected chi connectivity index (χ1v) is 8.69. The summed E-state index contributed by atoms with van der Waals surface area (Å²) in [5, 5.41) is 7.77. The Morgan fingerprint density at radius 3 is 2.90 bits per heavy atom. The maximum absolute atomic E-state index is 4.31. The number of nitrogens with one attached hydrogen (secondary N) is 1. The number of hydrogen-bond donors (Lipinski definition) is 1. The first kappa shape index (κ1) is 14.7. The van der Waals surface area contributed by atoms with Crippen molar-refractivity contribution in [1.29, 1.82) is 0 Å².